The van der Waals surface area contributed by atoms with Crippen molar-refractivity contribution in [3.05, 3.63) is 133 Å². The molecule has 12 rings (SSSR count). The molecule has 7 heterocycles. The van der Waals surface area contributed by atoms with Gasteiger partial charge in [-0.1, -0.05) is 31.4 Å². The maximum Gasteiger partial charge on any atom is 0.224 e. The second-order valence-electron chi connectivity index (χ2n) is 17.0. The Morgan fingerprint density at radius 2 is 1.08 bits per heavy atom. The number of rotatable bonds is 8. The summed E-state index contributed by atoms with van der Waals surface area (Å²) in [6.07, 6.45) is 15.6. The molecular weight excluding hydrogens is 799 g/mol. The van der Waals surface area contributed by atoms with Crippen molar-refractivity contribution in [1.82, 2.24) is 44.4 Å². The minimum Gasteiger partial charge on any atom is -0.464 e. The highest BCUT2D eigenvalue weighted by Gasteiger charge is 2.21. The summed E-state index contributed by atoms with van der Waals surface area (Å²) >= 11 is 0. The van der Waals surface area contributed by atoms with E-state index in [4.69, 9.17) is 28.8 Å². The Balaban J connectivity index is 0.000000143. The SMILES string of the molecule is Cc1ccc2nc(-c3ccc4occc4c3)n(-c3ccnc(NC4CCCCC4)n3)c2c1.Cc1ccc2nc(-c3ccc4occc4c3)n(-c3ccnc(N[C@H]4CCCNC4)n3)c2c1. The van der Waals surface area contributed by atoms with E-state index in [1.807, 2.05) is 54.9 Å². The first-order valence-electron chi connectivity index (χ1n) is 22.3. The predicted octanol–water partition coefficient (Wildman–Crippen LogP) is 11.0. The summed E-state index contributed by atoms with van der Waals surface area (Å²) < 4.78 is 15.3. The molecule has 10 aromatic rings. The fourth-order valence-electron chi connectivity index (χ4n) is 9.11. The highest BCUT2D eigenvalue weighted by atomic mass is 16.3. The van der Waals surface area contributed by atoms with Gasteiger partial charge < -0.3 is 24.8 Å². The van der Waals surface area contributed by atoms with Crippen molar-refractivity contribution in [1.29, 1.82) is 0 Å². The zero-order valence-electron chi connectivity index (χ0n) is 36.0. The summed E-state index contributed by atoms with van der Waals surface area (Å²) in [4.78, 5) is 28.7. The highest BCUT2D eigenvalue weighted by Crippen LogP contribution is 2.33. The van der Waals surface area contributed by atoms with Crippen LogP contribution in [-0.2, 0) is 0 Å². The fraction of sp³-hybridized carbons (Fsp3) is 0.255. The molecule has 13 heteroatoms. The minimum atomic E-state index is 0.337. The summed E-state index contributed by atoms with van der Waals surface area (Å²) in [7, 11) is 0. The molecule has 4 aromatic carbocycles. The molecule has 64 heavy (non-hydrogen) atoms. The number of nitrogens with one attached hydrogen (secondary N) is 3. The van der Waals surface area contributed by atoms with Crippen LogP contribution in [0.25, 0.3) is 78.4 Å². The zero-order valence-corrected chi connectivity index (χ0v) is 36.0. The second-order valence-corrected chi connectivity index (χ2v) is 17.0. The van der Waals surface area contributed by atoms with Gasteiger partial charge in [0, 0.05) is 52.9 Å². The monoisotopic (exact) mass is 847 g/mol. The van der Waals surface area contributed by atoms with Crippen molar-refractivity contribution < 1.29 is 8.83 Å². The molecule has 1 aliphatic heterocycles. The van der Waals surface area contributed by atoms with Crippen molar-refractivity contribution in [2.24, 2.45) is 0 Å². The number of aryl methyl sites for hydroxylation is 2. The molecule has 1 saturated carbocycles. The molecule has 0 amide bonds. The van der Waals surface area contributed by atoms with Crippen molar-refractivity contribution in [3.8, 4) is 34.4 Å². The third kappa shape index (κ3) is 7.94. The average Bonchev–Trinajstić information content (AvgIpc) is 4.14. The second kappa shape index (κ2) is 17.1. The van der Waals surface area contributed by atoms with Crippen molar-refractivity contribution in [2.45, 2.75) is 70.9 Å². The van der Waals surface area contributed by atoms with Crippen molar-refractivity contribution in [2.75, 3.05) is 23.7 Å². The van der Waals surface area contributed by atoms with E-state index in [-0.39, 0.29) is 0 Å². The van der Waals surface area contributed by atoms with Gasteiger partial charge in [0.25, 0.3) is 0 Å². The van der Waals surface area contributed by atoms with Gasteiger partial charge >= 0.3 is 0 Å². The lowest BCUT2D eigenvalue weighted by Gasteiger charge is -2.23. The number of piperidine rings is 1. The number of nitrogens with zero attached hydrogens (tertiary/aromatic N) is 8. The third-order valence-corrected chi connectivity index (χ3v) is 12.3. The first-order chi connectivity index (χ1) is 31.5. The summed E-state index contributed by atoms with van der Waals surface area (Å²) in [5.41, 5.74) is 10.1. The van der Waals surface area contributed by atoms with Gasteiger partial charge in [-0.25, -0.2) is 19.9 Å². The number of imidazole rings is 2. The minimum absolute atomic E-state index is 0.337. The smallest absolute Gasteiger partial charge is 0.224 e. The number of benzene rings is 4. The largest absolute Gasteiger partial charge is 0.464 e. The molecule has 1 aliphatic carbocycles. The molecule has 0 spiro atoms. The molecule has 2 aliphatic rings. The zero-order chi connectivity index (χ0) is 43.0. The summed E-state index contributed by atoms with van der Waals surface area (Å²) in [5, 5.41) is 12.6. The van der Waals surface area contributed by atoms with Gasteiger partial charge in [0.05, 0.1) is 34.6 Å². The first kappa shape index (κ1) is 39.5. The first-order valence-corrected chi connectivity index (χ1v) is 22.3. The van der Waals surface area contributed by atoms with E-state index >= 15 is 0 Å². The van der Waals surface area contributed by atoms with Crippen molar-refractivity contribution in [3.63, 3.8) is 0 Å². The van der Waals surface area contributed by atoms with Crippen LogP contribution < -0.4 is 16.0 Å². The van der Waals surface area contributed by atoms with Crippen LogP contribution in [-0.4, -0.2) is 64.2 Å². The van der Waals surface area contributed by atoms with E-state index in [0.717, 1.165) is 104 Å². The molecule has 0 radical (unpaired) electrons. The van der Waals surface area contributed by atoms with E-state index in [2.05, 4.69) is 103 Å². The number of aromatic nitrogens is 8. The van der Waals surface area contributed by atoms with Gasteiger partial charge in [-0.15, -0.1) is 0 Å². The van der Waals surface area contributed by atoms with E-state index in [1.54, 1.807) is 12.5 Å². The number of hydrogen-bond acceptors (Lipinski definition) is 11. The van der Waals surface area contributed by atoms with Crippen LogP contribution >= 0.6 is 0 Å². The molecule has 3 N–H and O–H groups in total. The Morgan fingerprint density at radius 3 is 1.61 bits per heavy atom. The van der Waals surface area contributed by atoms with Crippen LogP contribution in [0.3, 0.4) is 0 Å². The van der Waals surface area contributed by atoms with Gasteiger partial charge in [0.1, 0.15) is 34.5 Å². The Hall–Kier alpha value is -7.38. The summed E-state index contributed by atoms with van der Waals surface area (Å²) in [6, 6.07) is 33.6. The lowest BCUT2D eigenvalue weighted by atomic mass is 9.96. The lowest BCUT2D eigenvalue weighted by Crippen LogP contribution is -2.38. The average molecular weight is 848 g/mol. The van der Waals surface area contributed by atoms with Gasteiger partial charge in [-0.2, -0.15) is 9.97 Å². The van der Waals surface area contributed by atoms with Crippen LogP contribution in [0.2, 0.25) is 0 Å². The van der Waals surface area contributed by atoms with E-state index in [9.17, 15) is 0 Å². The normalized spacial score (nSPS) is 15.8. The van der Waals surface area contributed by atoms with Crippen LogP contribution in [0.1, 0.15) is 56.1 Å². The predicted molar refractivity (Wildman–Crippen MR) is 253 cm³/mol. The summed E-state index contributed by atoms with van der Waals surface area (Å²) in [6.45, 7) is 6.20. The number of furan rings is 2. The number of anilines is 2. The Morgan fingerprint density at radius 1 is 0.547 bits per heavy atom. The fourth-order valence-corrected chi connectivity index (χ4v) is 9.11. The van der Waals surface area contributed by atoms with Gasteiger partial charge in [0.2, 0.25) is 11.9 Å². The molecule has 1 atom stereocenters. The standard InChI is InChI=1S/C26H25N5O.C25H24N6O/c1-17-7-9-21-22(15-17)31(25(29-21)19-8-10-23-18(16-19)12-14-32-23)24-11-13-27-26(30-24)28-20-5-3-2-4-6-20;1-16-4-6-20-21(13-16)31(24(29-20)18-5-7-22-17(14-18)9-12-32-22)23-8-11-27-25(30-23)28-19-3-2-10-26-15-19/h7-16,20H,2-6H2,1H3,(H,27,28,30);4-9,11-14,19,26H,2-3,10,15H2,1H3,(H,27,28,30)/t;19-/m.0/s1. The van der Waals surface area contributed by atoms with Crippen LogP contribution in [0.5, 0.6) is 0 Å². The Labute approximate surface area is 370 Å². The maximum absolute atomic E-state index is 5.53. The molecule has 320 valence electrons. The van der Waals surface area contributed by atoms with Gasteiger partial charge in [0.15, 0.2) is 0 Å². The quantitative estimate of drug-likeness (QED) is 0.134. The summed E-state index contributed by atoms with van der Waals surface area (Å²) in [5.74, 6) is 4.63. The van der Waals surface area contributed by atoms with Crippen molar-refractivity contribution >= 4 is 55.9 Å². The van der Waals surface area contributed by atoms with Gasteiger partial charge in [-0.05, 0) is 142 Å². The molecule has 0 unspecified atom stereocenters. The molecular formula is C51H49N11O2. The Kier molecular flexibility index (Phi) is 10.5. The molecule has 6 aromatic heterocycles. The highest BCUT2D eigenvalue weighted by molar-refractivity contribution is 5.89. The van der Waals surface area contributed by atoms with E-state index in [0.29, 0.717) is 24.0 Å². The number of hydrogen-bond donors (Lipinski definition) is 3. The van der Waals surface area contributed by atoms with E-state index in [1.165, 1.54) is 43.2 Å². The van der Waals surface area contributed by atoms with Crippen LogP contribution in [0.15, 0.2) is 131 Å². The topological polar surface area (TPSA) is 150 Å². The Bertz CT molecular complexity index is 3040. The maximum atomic E-state index is 5.53. The third-order valence-electron chi connectivity index (χ3n) is 12.3. The van der Waals surface area contributed by atoms with Crippen LogP contribution in [0.4, 0.5) is 11.9 Å². The molecule has 13 nitrogen and oxygen atoms in total. The number of fused-ring (bicyclic) bond motifs is 4. The molecule has 0 bridgehead atoms. The molecule has 2 fully saturated rings. The lowest BCUT2D eigenvalue weighted by molar-refractivity contribution is 0.461. The molecule has 1 saturated heterocycles. The van der Waals surface area contributed by atoms with Crippen LogP contribution in [0, 0.1) is 13.8 Å². The van der Waals surface area contributed by atoms with Gasteiger partial charge in [-0.3, -0.25) is 9.13 Å². The van der Waals surface area contributed by atoms with E-state index < -0.39 is 0 Å².